The van der Waals surface area contributed by atoms with Crippen LogP contribution in [0.1, 0.15) is 17.1 Å². The summed E-state index contributed by atoms with van der Waals surface area (Å²) in [4.78, 5) is 6.52. The highest BCUT2D eigenvalue weighted by atomic mass is 16.3. The molecule has 5 nitrogen and oxygen atoms in total. The second-order valence-corrected chi connectivity index (χ2v) is 4.53. The first-order chi connectivity index (χ1) is 8.70. The first-order valence-corrected chi connectivity index (χ1v) is 6.05. The minimum absolute atomic E-state index is 0.789. The fourth-order valence-electron chi connectivity index (χ4n) is 1.95. The highest BCUT2D eigenvalue weighted by Crippen LogP contribution is 2.13. The van der Waals surface area contributed by atoms with E-state index in [-0.39, 0.29) is 0 Å². The van der Waals surface area contributed by atoms with Crippen LogP contribution < -0.4 is 5.32 Å². The van der Waals surface area contributed by atoms with Crippen molar-refractivity contribution in [3.05, 3.63) is 41.9 Å². The zero-order valence-electron chi connectivity index (χ0n) is 11.2. The topological polar surface area (TPSA) is 46.2 Å². The maximum atomic E-state index is 5.53. The zero-order chi connectivity index (χ0) is 13.0. The molecule has 0 aliphatic carbocycles. The number of nitrogens with one attached hydrogen (secondary N) is 1. The Hall–Kier alpha value is -1.59. The van der Waals surface area contributed by atoms with Crippen LogP contribution in [0, 0.1) is 0 Å². The second-order valence-electron chi connectivity index (χ2n) is 4.53. The van der Waals surface area contributed by atoms with Crippen molar-refractivity contribution in [1.82, 2.24) is 19.8 Å². The first kappa shape index (κ1) is 12.9. The quantitative estimate of drug-likeness (QED) is 0.838. The van der Waals surface area contributed by atoms with Gasteiger partial charge in [0.15, 0.2) is 0 Å². The van der Waals surface area contributed by atoms with Crippen molar-refractivity contribution in [2.45, 2.75) is 19.6 Å². The van der Waals surface area contributed by atoms with Gasteiger partial charge in [-0.15, -0.1) is 0 Å². The van der Waals surface area contributed by atoms with E-state index in [1.54, 1.807) is 6.26 Å². The smallest absolute Gasteiger partial charge is 0.122 e. The van der Waals surface area contributed by atoms with E-state index in [1.807, 2.05) is 37.1 Å². The van der Waals surface area contributed by atoms with Crippen molar-refractivity contribution in [2.75, 3.05) is 14.1 Å². The van der Waals surface area contributed by atoms with Gasteiger partial charge in [-0.3, -0.25) is 4.90 Å². The molecule has 2 heterocycles. The average molecular weight is 248 g/mol. The van der Waals surface area contributed by atoms with Gasteiger partial charge in [-0.2, -0.15) is 0 Å². The maximum Gasteiger partial charge on any atom is 0.122 e. The Balaban J connectivity index is 1.96. The summed E-state index contributed by atoms with van der Waals surface area (Å²) < 4.78 is 7.56. The molecular formula is C13H20N4O. The number of hydrogen-bond acceptors (Lipinski definition) is 4. The number of aryl methyl sites for hydroxylation is 1. The molecule has 1 N–H and O–H groups in total. The van der Waals surface area contributed by atoms with Gasteiger partial charge >= 0.3 is 0 Å². The number of rotatable bonds is 6. The lowest BCUT2D eigenvalue weighted by molar-refractivity contribution is 0.277. The van der Waals surface area contributed by atoms with E-state index >= 15 is 0 Å². The maximum absolute atomic E-state index is 5.53. The third-order valence-electron chi connectivity index (χ3n) is 2.95. The summed E-state index contributed by atoms with van der Waals surface area (Å²) in [6, 6.07) is 2.01. The molecule has 18 heavy (non-hydrogen) atoms. The van der Waals surface area contributed by atoms with Crippen LogP contribution in [-0.4, -0.2) is 28.5 Å². The van der Waals surface area contributed by atoms with Gasteiger partial charge in [0.25, 0.3) is 0 Å². The molecule has 2 aromatic heterocycles. The number of aromatic nitrogens is 2. The van der Waals surface area contributed by atoms with Crippen LogP contribution in [0.25, 0.3) is 0 Å². The molecule has 0 aliphatic rings. The van der Waals surface area contributed by atoms with Gasteiger partial charge in [-0.25, -0.2) is 4.98 Å². The highest BCUT2D eigenvalue weighted by Gasteiger charge is 2.10. The van der Waals surface area contributed by atoms with E-state index in [9.17, 15) is 0 Å². The predicted molar refractivity (Wildman–Crippen MR) is 69.9 cm³/mol. The zero-order valence-corrected chi connectivity index (χ0v) is 11.2. The molecule has 0 aliphatic heterocycles. The van der Waals surface area contributed by atoms with Crippen molar-refractivity contribution in [3.63, 3.8) is 0 Å². The second kappa shape index (κ2) is 5.84. The van der Waals surface area contributed by atoms with E-state index in [1.165, 1.54) is 5.56 Å². The molecule has 0 unspecified atom stereocenters. The number of hydrogen-bond donors (Lipinski definition) is 1. The Morgan fingerprint density at radius 3 is 2.94 bits per heavy atom. The molecule has 5 heteroatoms. The lowest BCUT2D eigenvalue weighted by Crippen LogP contribution is -2.20. The number of furan rings is 1. The van der Waals surface area contributed by atoms with Crippen molar-refractivity contribution in [1.29, 1.82) is 0 Å². The van der Waals surface area contributed by atoms with Crippen molar-refractivity contribution >= 4 is 0 Å². The molecule has 0 saturated carbocycles. The molecule has 0 aromatic carbocycles. The molecule has 2 aromatic rings. The van der Waals surface area contributed by atoms with Gasteiger partial charge in [0.2, 0.25) is 0 Å². The largest absolute Gasteiger partial charge is 0.468 e. The molecular weight excluding hydrogens is 228 g/mol. The van der Waals surface area contributed by atoms with Crippen LogP contribution >= 0.6 is 0 Å². The Kier molecular flexibility index (Phi) is 4.17. The lowest BCUT2D eigenvalue weighted by Gasteiger charge is -2.15. The summed E-state index contributed by atoms with van der Waals surface area (Å²) in [5, 5.41) is 3.14. The lowest BCUT2D eigenvalue weighted by atomic mass is 10.2. The number of imidazole rings is 1. The Labute approximate surface area is 107 Å². The highest BCUT2D eigenvalue weighted by molar-refractivity contribution is 5.16. The summed E-state index contributed by atoms with van der Waals surface area (Å²) in [6.07, 6.45) is 5.53. The third-order valence-corrected chi connectivity index (χ3v) is 2.95. The molecule has 0 radical (unpaired) electrons. The van der Waals surface area contributed by atoms with Crippen LogP contribution in [0.15, 0.2) is 29.1 Å². The van der Waals surface area contributed by atoms with E-state index < -0.39 is 0 Å². The van der Waals surface area contributed by atoms with E-state index in [2.05, 4.69) is 22.2 Å². The molecule has 98 valence electrons. The molecule has 2 rings (SSSR count). The van der Waals surface area contributed by atoms with E-state index in [0.29, 0.717) is 0 Å². The van der Waals surface area contributed by atoms with Gasteiger partial charge < -0.3 is 14.3 Å². The normalized spacial score (nSPS) is 11.3. The van der Waals surface area contributed by atoms with Crippen molar-refractivity contribution in [2.24, 2.45) is 7.05 Å². The molecule has 0 atom stereocenters. The summed E-state index contributed by atoms with van der Waals surface area (Å²) in [7, 11) is 6.02. The van der Waals surface area contributed by atoms with E-state index in [0.717, 1.165) is 31.2 Å². The summed E-state index contributed by atoms with van der Waals surface area (Å²) >= 11 is 0. The summed E-state index contributed by atoms with van der Waals surface area (Å²) in [5.74, 6) is 2.07. The standard InChI is InChI=1S/C13H20N4O/c1-14-8-11-4-7-18-12(11)9-16(2)10-13-15-5-6-17(13)3/h4-7,14H,8-10H2,1-3H3. The molecule has 0 amide bonds. The van der Waals surface area contributed by atoms with Crippen molar-refractivity contribution < 1.29 is 4.42 Å². The van der Waals surface area contributed by atoms with Crippen LogP contribution in [-0.2, 0) is 26.7 Å². The molecule has 0 saturated heterocycles. The number of nitrogens with zero attached hydrogens (tertiary/aromatic N) is 3. The molecule has 0 fully saturated rings. The Morgan fingerprint density at radius 1 is 1.44 bits per heavy atom. The summed E-state index contributed by atoms with van der Waals surface area (Å²) in [5.41, 5.74) is 1.21. The van der Waals surface area contributed by atoms with Gasteiger partial charge in [-0.1, -0.05) is 0 Å². The fraction of sp³-hybridized carbons (Fsp3) is 0.462. The minimum Gasteiger partial charge on any atom is -0.468 e. The fourth-order valence-corrected chi connectivity index (χ4v) is 1.95. The summed E-state index contributed by atoms with van der Waals surface area (Å²) in [6.45, 7) is 2.43. The predicted octanol–water partition coefficient (Wildman–Crippen LogP) is 1.36. The average Bonchev–Trinajstić information content (AvgIpc) is 2.91. The van der Waals surface area contributed by atoms with Gasteiger partial charge in [-0.05, 0) is 20.2 Å². The van der Waals surface area contributed by atoms with Crippen molar-refractivity contribution in [3.8, 4) is 0 Å². The van der Waals surface area contributed by atoms with Crippen LogP contribution in [0.3, 0.4) is 0 Å². The van der Waals surface area contributed by atoms with Gasteiger partial charge in [0.1, 0.15) is 11.6 Å². The third kappa shape index (κ3) is 3.00. The first-order valence-electron chi connectivity index (χ1n) is 6.05. The Morgan fingerprint density at radius 2 is 2.28 bits per heavy atom. The monoisotopic (exact) mass is 248 g/mol. The molecule has 0 spiro atoms. The molecule has 0 bridgehead atoms. The Bertz CT molecular complexity index is 489. The van der Waals surface area contributed by atoms with Gasteiger partial charge in [0, 0.05) is 31.5 Å². The SMILES string of the molecule is CNCc1ccoc1CN(C)Cc1nccn1C. The van der Waals surface area contributed by atoms with Crippen LogP contribution in [0.2, 0.25) is 0 Å². The van der Waals surface area contributed by atoms with Crippen LogP contribution in [0.5, 0.6) is 0 Å². The van der Waals surface area contributed by atoms with Crippen LogP contribution in [0.4, 0.5) is 0 Å². The van der Waals surface area contributed by atoms with E-state index in [4.69, 9.17) is 4.42 Å². The van der Waals surface area contributed by atoms with Gasteiger partial charge in [0.05, 0.1) is 19.4 Å². The minimum atomic E-state index is 0.789.